The van der Waals surface area contributed by atoms with Crippen LogP contribution in [-0.4, -0.2) is 17.4 Å². The molecule has 2 heterocycles. The van der Waals surface area contributed by atoms with E-state index in [9.17, 15) is 4.79 Å². The molecule has 1 atom stereocenters. The minimum atomic E-state index is 0.120. The highest BCUT2D eigenvalue weighted by Gasteiger charge is 2.30. The van der Waals surface area contributed by atoms with Crippen LogP contribution in [0.3, 0.4) is 0 Å². The van der Waals surface area contributed by atoms with Gasteiger partial charge in [-0.15, -0.1) is 6.58 Å². The summed E-state index contributed by atoms with van der Waals surface area (Å²) >= 11 is 6.65. The number of pyridine rings is 1. The number of rotatable bonds is 2. The van der Waals surface area contributed by atoms with E-state index in [-0.39, 0.29) is 11.8 Å². The SMILES string of the molecule is C=CC1CC(=O)N(c2ccc(Br)nc2Br)C1. The normalized spacial score (nSPS) is 20.2. The number of carbonyl (C=O) groups excluding carboxylic acids is 1. The van der Waals surface area contributed by atoms with Crippen LogP contribution < -0.4 is 4.90 Å². The van der Waals surface area contributed by atoms with Crippen molar-refractivity contribution in [2.45, 2.75) is 6.42 Å². The summed E-state index contributed by atoms with van der Waals surface area (Å²) in [6.45, 7) is 4.41. The lowest BCUT2D eigenvalue weighted by atomic mass is 10.1. The van der Waals surface area contributed by atoms with Crippen LogP contribution in [0.5, 0.6) is 0 Å². The summed E-state index contributed by atoms with van der Waals surface area (Å²) in [5.74, 6) is 0.359. The Morgan fingerprint density at radius 2 is 2.25 bits per heavy atom. The molecule has 16 heavy (non-hydrogen) atoms. The van der Waals surface area contributed by atoms with Gasteiger partial charge in [-0.25, -0.2) is 4.98 Å². The standard InChI is InChI=1S/C11H10Br2N2O/c1-2-7-5-10(16)15(6-7)8-3-4-9(12)14-11(8)13/h2-4,7H,1,5-6H2. The van der Waals surface area contributed by atoms with E-state index in [0.29, 0.717) is 17.6 Å². The van der Waals surface area contributed by atoms with Crippen molar-refractivity contribution < 1.29 is 4.79 Å². The van der Waals surface area contributed by atoms with Crippen LogP contribution in [0.2, 0.25) is 0 Å². The number of anilines is 1. The summed E-state index contributed by atoms with van der Waals surface area (Å²) in [4.78, 5) is 17.8. The lowest BCUT2D eigenvalue weighted by molar-refractivity contribution is -0.117. The Labute approximate surface area is 111 Å². The molecule has 1 amide bonds. The van der Waals surface area contributed by atoms with Gasteiger partial charge in [0.05, 0.1) is 5.69 Å². The largest absolute Gasteiger partial charge is 0.309 e. The van der Waals surface area contributed by atoms with Gasteiger partial charge in [-0.05, 0) is 44.0 Å². The van der Waals surface area contributed by atoms with E-state index in [0.717, 1.165) is 10.3 Å². The second-order valence-corrected chi connectivity index (χ2v) is 5.21. The van der Waals surface area contributed by atoms with Gasteiger partial charge in [0.25, 0.3) is 0 Å². The highest BCUT2D eigenvalue weighted by atomic mass is 79.9. The summed E-state index contributed by atoms with van der Waals surface area (Å²) in [5, 5.41) is 0. The quantitative estimate of drug-likeness (QED) is 0.609. The van der Waals surface area contributed by atoms with Crippen LogP contribution >= 0.6 is 31.9 Å². The van der Waals surface area contributed by atoms with Gasteiger partial charge < -0.3 is 4.90 Å². The predicted octanol–water partition coefficient (Wildman–Crippen LogP) is 3.15. The molecule has 0 aromatic carbocycles. The van der Waals surface area contributed by atoms with E-state index in [4.69, 9.17) is 0 Å². The molecule has 0 saturated carbocycles. The number of halogens is 2. The smallest absolute Gasteiger partial charge is 0.227 e. The minimum absolute atomic E-state index is 0.120. The second-order valence-electron chi connectivity index (χ2n) is 3.65. The average Bonchev–Trinajstić information content (AvgIpc) is 2.60. The van der Waals surface area contributed by atoms with E-state index in [2.05, 4.69) is 43.4 Å². The molecule has 3 nitrogen and oxygen atoms in total. The lowest BCUT2D eigenvalue weighted by Crippen LogP contribution is -2.24. The summed E-state index contributed by atoms with van der Waals surface area (Å²) < 4.78 is 1.43. The monoisotopic (exact) mass is 344 g/mol. The predicted molar refractivity (Wildman–Crippen MR) is 70.3 cm³/mol. The van der Waals surface area contributed by atoms with Crippen molar-refractivity contribution in [3.63, 3.8) is 0 Å². The summed E-state index contributed by atoms with van der Waals surface area (Å²) in [7, 11) is 0. The summed E-state index contributed by atoms with van der Waals surface area (Å²) in [6, 6.07) is 3.71. The Hall–Kier alpha value is -0.680. The first-order chi connectivity index (χ1) is 7.61. The van der Waals surface area contributed by atoms with Crippen LogP contribution in [0.25, 0.3) is 0 Å². The third-order valence-corrected chi connectivity index (χ3v) is 3.60. The van der Waals surface area contributed by atoms with Gasteiger partial charge in [-0.3, -0.25) is 4.79 Å². The van der Waals surface area contributed by atoms with Crippen LogP contribution in [0, 0.1) is 5.92 Å². The van der Waals surface area contributed by atoms with Crippen molar-refractivity contribution in [1.82, 2.24) is 4.98 Å². The fourth-order valence-electron chi connectivity index (χ4n) is 1.73. The van der Waals surface area contributed by atoms with Crippen molar-refractivity contribution in [3.8, 4) is 0 Å². The number of hydrogen-bond donors (Lipinski definition) is 0. The zero-order valence-corrected chi connectivity index (χ0v) is 11.7. The molecular weight excluding hydrogens is 336 g/mol. The molecule has 0 aliphatic carbocycles. The highest BCUT2D eigenvalue weighted by molar-refractivity contribution is 9.11. The van der Waals surface area contributed by atoms with Crippen molar-refractivity contribution in [3.05, 3.63) is 34.0 Å². The molecule has 1 aromatic heterocycles. The molecule has 1 aliphatic heterocycles. The molecule has 0 radical (unpaired) electrons. The van der Waals surface area contributed by atoms with Gasteiger partial charge in [0.2, 0.25) is 5.91 Å². The van der Waals surface area contributed by atoms with Gasteiger partial charge >= 0.3 is 0 Å². The van der Waals surface area contributed by atoms with E-state index < -0.39 is 0 Å². The third-order valence-electron chi connectivity index (χ3n) is 2.57. The molecule has 1 unspecified atom stereocenters. The van der Waals surface area contributed by atoms with E-state index in [1.54, 1.807) is 4.90 Å². The van der Waals surface area contributed by atoms with Crippen molar-refractivity contribution in [2.75, 3.05) is 11.4 Å². The first-order valence-corrected chi connectivity index (χ1v) is 6.45. The van der Waals surface area contributed by atoms with Crippen LogP contribution in [0.1, 0.15) is 6.42 Å². The fraction of sp³-hybridized carbons (Fsp3) is 0.273. The first kappa shape index (κ1) is 11.8. The molecule has 0 bridgehead atoms. The lowest BCUT2D eigenvalue weighted by Gasteiger charge is -2.17. The van der Waals surface area contributed by atoms with Gasteiger partial charge in [-0.2, -0.15) is 0 Å². The Balaban J connectivity index is 2.31. The molecule has 1 saturated heterocycles. The molecular formula is C11H10Br2N2O. The molecule has 0 spiro atoms. The topological polar surface area (TPSA) is 33.2 Å². The zero-order valence-electron chi connectivity index (χ0n) is 8.49. The maximum Gasteiger partial charge on any atom is 0.227 e. The maximum absolute atomic E-state index is 11.8. The molecule has 84 valence electrons. The van der Waals surface area contributed by atoms with E-state index >= 15 is 0 Å². The number of aromatic nitrogens is 1. The fourth-order valence-corrected chi connectivity index (χ4v) is 2.82. The highest BCUT2D eigenvalue weighted by Crippen LogP contribution is 2.31. The van der Waals surface area contributed by atoms with Gasteiger partial charge in [0.15, 0.2) is 0 Å². The Morgan fingerprint density at radius 3 is 2.81 bits per heavy atom. The van der Waals surface area contributed by atoms with Gasteiger partial charge in [0, 0.05) is 18.9 Å². The molecule has 2 rings (SSSR count). The zero-order chi connectivity index (χ0) is 11.7. The molecule has 1 fully saturated rings. The van der Waals surface area contributed by atoms with Crippen molar-refractivity contribution in [1.29, 1.82) is 0 Å². The Bertz CT molecular complexity index is 448. The molecule has 0 N–H and O–H groups in total. The second kappa shape index (κ2) is 4.67. The number of nitrogens with zero attached hydrogens (tertiary/aromatic N) is 2. The maximum atomic E-state index is 11.8. The van der Waals surface area contributed by atoms with Crippen molar-refractivity contribution >= 4 is 43.5 Å². The van der Waals surface area contributed by atoms with Gasteiger partial charge in [-0.1, -0.05) is 6.08 Å². The number of hydrogen-bond acceptors (Lipinski definition) is 2. The van der Waals surface area contributed by atoms with Gasteiger partial charge in [0.1, 0.15) is 9.21 Å². The summed E-state index contributed by atoms with van der Waals surface area (Å²) in [6.07, 6.45) is 2.37. The number of amides is 1. The summed E-state index contributed by atoms with van der Waals surface area (Å²) in [5.41, 5.74) is 0.817. The van der Waals surface area contributed by atoms with E-state index in [1.165, 1.54) is 0 Å². The van der Waals surface area contributed by atoms with Crippen molar-refractivity contribution in [2.24, 2.45) is 5.92 Å². The van der Waals surface area contributed by atoms with Crippen LogP contribution in [-0.2, 0) is 4.79 Å². The third kappa shape index (κ3) is 2.20. The molecule has 1 aromatic rings. The first-order valence-electron chi connectivity index (χ1n) is 4.87. The van der Waals surface area contributed by atoms with E-state index in [1.807, 2.05) is 18.2 Å². The Kier molecular flexibility index (Phi) is 3.44. The van der Waals surface area contributed by atoms with Crippen LogP contribution in [0.4, 0.5) is 5.69 Å². The number of carbonyl (C=O) groups is 1. The minimum Gasteiger partial charge on any atom is -0.309 e. The Morgan fingerprint density at radius 1 is 1.50 bits per heavy atom. The average molecular weight is 346 g/mol. The molecule has 5 heteroatoms. The molecule has 1 aliphatic rings. The van der Waals surface area contributed by atoms with Crippen LogP contribution in [0.15, 0.2) is 34.0 Å².